The van der Waals surface area contributed by atoms with E-state index >= 15 is 0 Å². The molecule has 0 spiro atoms. The number of amides is 4. The highest BCUT2D eigenvalue weighted by molar-refractivity contribution is 6.33. The van der Waals surface area contributed by atoms with Crippen molar-refractivity contribution in [2.45, 2.75) is 24.9 Å². The number of fused-ring (bicyclic) bond motifs is 1. The van der Waals surface area contributed by atoms with E-state index < -0.39 is 47.3 Å². The summed E-state index contributed by atoms with van der Waals surface area (Å²) in [6.07, 6.45) is -5.16. The van der Waals surface area contributed by atoms with Gasteiger partial charge in [-0.15, -0.1) is 0 Å². The molecule has 2 fully saturated rings. The van der Waals surface area contributed by atoms with Gasteiger partial charge < -0.3 is 15.5 Å². The first-order valence-electron chi connectivity index (χ1n) is 11.0. The predicted molar refractivity (Wildman–Crippen MR) is 124 cm³/mol. The van der Waals surface area contributed by atoms with Crippen LogP contribution in [0.3, 0.4) is 0 Å². The normalized spacial score (nSPS) is 25.2. The van der Waals surface area contributed by atoms with E-state index in [-0.39, 0.29) is 29.6 Å². The standard InChI is InChI=1S/C22H19ClF3N7O4/c1-21(29-20(36)33(31-21)12-5-3-2-4-6-12)16-14-15(37-30-16)19(35)32(18(14)34)8-7-27-17-13(23)9-11(10-28-17)22(24,25)26/h2-6,9-10,14-15,31H,7-8H2,1H3,(H,27,28)(H,29,36)/t14-,15-,21-/m0/s1. The predicted octanol–water partition coefficient (Wildman–Crippen LogP) is 2.36. The van der Waals surface area contributed by atoms with E-state index in [9.17, 15) is 27.6 Å². The van der Waals surface area contributed by atoms with E-state index in [1.807, 2.05) is 0 Å². The van der Waals surface area contributed by atoms with Gasteiger partial charge in [-0.1, -0.05) is 35.0 Å². The number of aromatic nitrogens is 1. The second-order valence-corrected chi connectivity index (χ2v) is 9.03. The second kappa shape index (κ2) is 8.88. The van der Waals surface area contributed by atoms with Gasteiger partial charge in [0.15, 0.2) is 5.66 Å². The summed E-state index contributed by atoms with van der Waals surface area (Å²) >= 11 is 5.89. The first-order chi connectivity index (χ1) is 17.5. The summed E-state index contributed by atoms with van der Waals surface area (Å²) in [4.78, 5) is 48.6. The van der Waals surface area contributed by atoms with Crippen molar-refractivity contribution in [1.29, 1.82) is 0 Å². The van der Waals surface area contributed by atoms with Crippen LogP contribution in [0.15, 0.2) is 47.8 Å². The number of para-hydroxylation sites is 1. The molecule has 0 bridgehead atoms. The van der Waals surface area contributed by atoms with Gasteiger partial charge in [0.25, 0.3) is 5.91 Å². The second-order valence-electron chi connectivity index (χ2n) is 8.63. The minimum absolute atomic E-state index is 0.0289. The van der Waals surface area contributed by atoms with Gasteiger partial charge in [0.1, 0.15) is 17.4 Å². The molecule has 3 N–H and O–H groups in total. The number of likely N-dealkylation sites (tertiary alicyclic amines) is 1. The van der Waals surface area contributed by atoms with Crippen molar-refractivity contribution < 1.29 is 32.4 Å². The van der Waals surface area contributed by atoms with Gasteiger partial charge in [-0.25, -0.2) is 14.8 Å². The lowest BCUT2D eigenvalue weighted by molar-refractivity contribution is -0.142. The number of benzene rings is 1. The molecule has 0 aliphatic carbocycles. The minimum Gasteiger partial charge on any atom is -0.381 e. The highest BCUT2D eigenvalue weighted by Crippen LogP contribution is 2.35. The summed E-state index contributed by atoms with van der Waals surface area (Å²) in [5.41, 5.74) is 1.36. The summed E-state index contributed by atoms with van der Waals surface area (Å²) in [6.45, 7) is 1.43. The molecule has 0 radical (unpaired) electrons. The van der Waals surface area contributed by atoms with E-state index in [4.69, 9.17) is 16.4 Å². The summed E-state index contributed by atoms with van der Waals surface area (Å²) in [5.74, 6) is -2.32. The van der Waals surface area contributed by atoms with Crippen LogP contribution in [0, 0.1) is 5.92 Å². The lowest BCUT2D eigenvalue weighted by atomic mass is 9.91. The molecule has 4 heterocycles. The Hall–Kier alpha value is -3.91. The Bertz CT molecular complexity index is 1310. The third-order valence-electron chi connectivity index (χ3n) is 6.12. The molecule has 5 rings (SSSR count). The lowest BCUT2D eigenvalue weighted by Crippen LogP contribution is -2.58. The summed E-state index contributed by atoms with van der Waals surface area (Å²) in [7, 11) is 0. The molecule has 2 aromatic rings. The highest BCUT2D eigenvalue weighted by atomic mass is 35.5. The average molecular weight is 538 g/mol. The zero-order valence-electron chi connectivity index (χ0n) is 19.0. The fraction of sp³-hybridized carbons (Fsp3) is 0.318. The van der Waals surface area contributed by atoms with E-state index in [2.05, 4.69) is 26.2 Å². The van der Waals surface area contributed by atoms with Gasteiger partial charge in [-0.05, 0) is 25.1 Å². The Morgan fingerprint density at radius 2 is 1.92 bits per heavy atom. The van der Waals surface area contributed by atoms with Crippen LogP contribution >= 0.6 is 11.6 Å². The lowest BCUT2D eigenvalue weighted by Gasteiger charge is -2.26. The molecule has 15 heteroatoms. The van der Waals surface area contributed by atoms with Crippen molar-refractivity contribution in [2.24, 2.45) is 11.1 Å². The number of carbonyl (C=O) groups is 3. The van der Waals surface area contributed by atoms with Crippen molar-refractivity contribution in [2.75, 3.05) is 23.4 Å². The number of hydrazine groups is 1. The van der Waals surface area contributed by atoms with Crippen LogP contribution in [0.1, 0.15) is 12.5 Å². The molecule has 37 heavy (non-hydrogen) atoms. The molecular weight excluding hydrogens is 519 g/mol. The van der Waals surface area contributed by atoms with Gasteiger partial charge in [-0.3, -0.25) is 14.5 Å². The average Bonchev–Trinajstić information content (AvgIpc) is 3.49. The SMILES string of the molecule is C[C@]1(C2=NO[C@@H]3C(=O)N(CCNc4ncc(C(F)(F)F)cc4Cl)C(=O)[C@H]23)NC(=O)N(c2ccccc2)N1. The van der Waals surface area contributed by atoms with E-state index in [1.165, 1.54) is 5.01 Å². The number of nitrogens with one attached hydrogen (secondary N) is 3. The van der Waals surface area contributed by atoms with Gasteiger partial charge >= 0.3 is 12.2 Å². The van der Waals surface area contributed by atoms with Crippen molar-refractivity contribution in [3.8, 4) is 0 Å². The van der Waals surface area contributed by atoms with Crippen LogP contribution in [0.4, 0.5) is 29.5 Å². The fourth-order valence-corrected chi connectivity index (χ4v) is 4.56. The first kappa shape index (κ1) is 24.8. The van der Waals surface area contributed by atoms with Crippen LogP contribution in [-0.4, -0.2) is 58.3 Å². The topological polar surface area (TPSA) is 128 Å². The Balaban J connectivity index is 1.26. The van der Waals surface area contributed by atoms with Gasteiger partial charge in [-0.2, -0.15) is 18.6 Å². The number of halogens is 4. The number of urea groups is 1. The Labute approximate surface area is 212 Å². The molecule has 1 aromatic carbocycles. The number of rotatable bonds is 6. The van der Waals surface area contributed by atoms with E-state index in [1.54, 1.807) is 37.3 Å². The zero-order chi connectivity index (χ0) is 26.5. The number of alkyl halides is 3. The summed E-state index contributed by atoms with van der Waals surface area (Å²) in [6, 6.07) is 8.97. The number of imide groups is 1. The van der Waals surface area contributed by atoms with Crippen LogP contribution in [0.2, 0.25) is 5.02 Å². The molecule has 194 valence electrons. The molecule has 4 amide bonds. The summed E-state index contributed by atoms with van der Waals surface area (Å²) in [5, 5.41) is 10.4. The number of carbonyl (C=O) groups excluding carboxylic acids is 3. The fourth-order valence-electron chi connectivity index (χ4n) is 4.32. The van der Waals surface area contributed by atoms with Gasteiger partial charge in [0.05, 0.1) is 16.3 Å². The number of anilines is 2. The number of nitrogens with zero attached hydrogens (tertiary/aromatic N) is 4. The Kier molecular flexibility index (Phi) is 5.95. The third kappa shape index (κ3) is 4.31. The van der Waals surface area contributed by atoms with E-state index in [0.717, 1.165) is 11.0 Å². The quantitative estimate of drug-likeness (QED) is 0.483. The molecule has 2 saturated heterocycles. The maximum Gasteiger partial charge on any atom is 0.417 e. The molecule has 3 atom stereocenters. The number of hydrogen-bond acceptors (Lipinski definition) is 8. The molecule has 1 aromatic heterocycles. The highest BCUT2D eigenvalue weighted by Gasteiger charge is 2.61. The Morgan fingerprint density at radius 3 is 2.59 bits per heavy atom. The first-order valence-corrected chi connectivity index (χ1v) is 11.4. The minimum atomic E-state index is -4.59. The van der Waals surface area contributed by atoms with Gasteiger partial charge in [0.2, 0.25) is 12.0 Å². The van der Waals surface area contributed by atoms with E-state index in [0.29, 0.717) is 11.9 Å². The number of oxime groups is 1. The van der Waals surface area contributed by atoms with Crippen LogP contribution in [-0.2, 0) is 20.6 Å². The van der Waals surface area contributed by atoms with Crippen LogP contribution < -0.4 is 21.1 Å². The molecule has 3 aliphatic heterocycles. The number of hydrogen-bond donors (Lipinski definition) is 3. The Morgan fingerprint density at radius 1 is 1.19 bits per heavy atom. The molecular formula is C22H19ClF3N7O4. The van der Waals surface area contributed by atoms with Crippen molar-refractivity contribution >= 4 is 46.7 Å². The van der Waals surface area contributed by atoms with Crippen LogP contribution in [0.25, 0.3) is 0 Å². The van der Waals surface area contributed by atoms with Crippen molar-refractivity contribution in [3.05, 3.63) is 53.2 Å². The molecule has 11 nitrogen and oxygen atoms in total. The molecule has 0 saturated carbocycles. The van der Waals surface area contributed by atoms with Gasteiger partial charge in [0, 0.05) is 19.3 Å². The van der Waals surface area contributed by atoms with Crippen LogP contribution in [0.5, 0.6) is 0 Å². The molecule has 3 aliphatic rings. The third-order valence-corrected chi connectivity index (χ3v) is 6.41. The summed E-state index contributed by atoms with van der Waals surface area (Å²) < 4.78 is 38.4. The maximum absolute atomic E-state index is 13.2. The maximum atomic E-state index is 13.2. The van der Waals surface area contributed by atoms with Crippen molar-refractivity contribution in [1.82, 2.24) is 20.6 Å². The molecule has 0 unspecified atom stereocenters. The monoisotopic (exact) mass is 537 g/mol. The zero-order valence-corrected chi connectivity index (χ0v) is 19.8. The smallest absolute Gasteiger partial charge is 0.381 e. The van der Waals surface area contributed by atoms with Crippen molar-refractivity contribution in [3.63, 3.8) is 0 Å². The number of pyridine rings is 1. The largest absolute Gasteiger partial charge is 0.417 e.